The van der Waals surface area contributed by atoms with Crippen molar-refractivity contribution in [1.29, 1.82) is 0 Å². The molecule has 0 fully saturated rings. The topological polar surface area (TPSA) is 66.5 Å². The third kappa shape index (κ3) is 5.13. The number of carbonyl (C=O) groups is 1. The van der Waals surface area contributed by atoms with E-state index in [1.54, 1.807) is 12.1 Å². The zero-order valence-corrected chi connectivity index (χ0v) is 18.3. The lowest BCUT2D eigenvalue weighted by Crippen LogP contribution is -2.49. The van der Waals surface area contributed by atoms with Crippen LogP contribution in [-0.4, -0.2) is 26.6 Å². The number of nitrogens with zero attached hydrogens (tertiary/aromatic N) is 1. The molecule has 0 heterocycles. The highest BCUT2D eigenvalue weighted by atomic mass is 32.2. The van der Waals surface area contributed by atoms with Gasteiger partial charge >= 0.3 is 0 Å². The molecule has 0 aliphatic heterocycles. The second-order valence-corrected chi connectivity index (χ2v) is 9.25. The number of rotatable bonds is 7. The Morgan fingerprint density at radius 1 is 1.04 bits per heavy atom. The van der Waals surface area contributed by atoms with E-state index in [4.69, 9.17) is 0 Å². The third-order valence-corrected chi connectivity index (χ3v) is 6.19. The summed E-state index contributed by atoms with van der Waals surface area (Å²) in [7, 11) is -3.63. The first-order valence-electron chi connectivity index (χ1n) is 9.48. The number of carbonyl (C=O) groups excluding carboxylic acids is 1. The molecule has 0 aliphatic carbocycles. The van der Waals surface area contributed by atoms with Crippen LogP contribution in [0.2, 0.25) is 0 Å². The summed E-state index contributed by atoms with van der Waals surface area (Å²) in [6, 6.07) is 12.2. The minimum absolute atomic E-state index is 0.222. The second-order valence-electron chi connectivity index (χ2n) is 7.39. The van der Waals surface area contributed by atoms with E-state index in [-0.39, 0.29) is 11.9 Å². The molecular formula is C22H30N2O3S. The van der Waals surface area contributed by atoms with Crippen molar-refractivity contribution in [3.8, 4) is 0 Å². The summed E-state index contributed by atoms with van der Waals surface area (Å²) in [5, 5.41) is 2.98. The summed E-state index contributed by atoms with van der Waals surface area (Å²) in [5.74, 6) is -0.306. The van der Waals surface area contributed by atoms with Gasteiger partial charge in [-0.05, 0) is 62.9 Å². The Morgan fingerprint density at radius 2 is 1.64 bits per heavy atom. The molecular weight excluding hydrogens is 372 g/mol. The quantitative estimate of drug-likeness (QED) is 0.760. The fraction of sp³-hybridized carbons (Fsp3) is 0.409. The van der Waals surface area contributed by atoms with E-state index < -0.39 is 16.1 Å². The van der Waals surface area contributed by atoms with Gasteiger partial charge in [0.25, 0.3) is 0 Å². The van der Waals surface area contributed by atoms with E-state index in [9.17, 15) is 13.2 Å². The van der Waals surface area contributed by atoms with Crippen LogP contribution in [0.1, 0.15) is 48.6 Å². The van der Waals surface area contributed by atoms with Crippen molar-refractivity contribution in [1.82, 2.24) is 5.32 Å². The molecule has 0 saturated heterocycles. The largest absolute Gasteiger partial charge is 0.348 e. The molecule has 6 heteroatoms. The first kappa shape index (κ1) is 22.0. The molecule has 0 aliphatic rings. The minimum atomic E-state index is -3.63. The fourth-order valence-electron chi connectivity index (χ4n) is 3.18. The number of sulfonamides is 1. The standard InChI is InChI=1S/C22H30N2O3S/c1-7-21(24(28(6,26)27)20-12-8-15(2)9-13-20)22(25)23-18(5)19-11-10-16(3)17(4)14-19/h8-14,18,21H,7H2,1-6H3,(H,23,25). The molecule has 1 N–H and O–H groups in total. The molecule has 0 bridgehead atoms. The Balaban J connectivity index is 2.30. The van der Waals surface area contributed by atoms with Crippen molar-refractivity contribution in [3.63, 3.8) is 0 Å². The highest BCUT2D eigenvalue weighted by molar-refractivity contribution is 7.92. The van der Waals surface area contributed by atoms with Crippen LogP contribution in [0.25, 0.3) is 0 Å². The smallest absolute Gasteiger partial charge is 0.244 e. The first-order valence-corrected chi connectivity index (χ1v) is 11.3. The zero-order valence-electron chi connectivity index (χ0n) is 17.5. The Labute approximate surface area is 168 Å². The molecule has 0 radical (unpaired) electrons. The third-order valence-electron chi connectivity index (χ3n) is 5.01. The van der Waals surface area contributed by atoms with Gasteiger partial charge in [-0.3, -0.25) is 9.10 Å². The summed E-state index contributed by atoms with van der Waals surface area (Å²) >= 11 is 0. The van der Waals surface area contributed by atoms with Gasteiger partial charge in [-0.15, -0.1) is 0 Å². The van der Waals surface area contributed by atoms with Crippen LogP contribution in [0.4, 0.5) is 5.69 Å². The van der Waals surface area contributed by atoms with Gasteiger partial charge in [-0.1, -0.05) is 42.8 Å². The monoisotopic (exact) mass is 402 g/mol. The van der Waals surface area contributed by atoms with E-state index in [0.29, 0.717) is 12.1 Å². The number of hydrogen-bond donors (Lipinski definition) is 1. The second kappa shape index (κ2) is 8.78. The van der Waals surface area contributed by atoms with E-state index in [2.05, 4.69) is 11.4 Å². The van der Waals surface area contributed by atoms with Crippen LogP contribution < -0.4 is 9.62 Å². The normalized spacial score (nSPS) is 13.6. The Hall–Kier alpha value is -2.34. The van der Waals surface area contributed by atoms with Crippen molar-refractivity contribution >= 4 is 21.6 Å². The fourth-order valence-corrected chi connectivity index (χ4v) is 4.39. The zero-order chi connectivity index (χ0) is 21.1. The highest BCUT2D eigenvalue weighted by Gasteiger charge is 2.32. The van der Waals surface area contributed by atoms with Gasteiger partial charge < -0.3 is 5.32 Å². The van der Waals surface area contributed by atoms with Crippen molar-refractivity contribution in [2.24, 2.45) is 0 Å². The van der Waals surface area contributed by atoms with Crippen LogP contribution in [0.3, 0.4) is 0 Å². The number of aryl methyl sites for hydroxylation is 3. The van der Waals surface area contributed by atoms with Gasteiger partial charge in [0.1, 0.15) is 6.04 Å². The van der Waals surface area contributed by atoms with Gasteiger partial charge in [0.15, 0.2) is 0 Å². The maximum Gasteiger partial charge on any atom is 0.244 e. The molecule has 2 atom stereocenters. The lowest BCUT2D eigenvalue weighted by Gasteiger charge is -2.31. The van der Waals surface area contributed by atoms with Crippen LogP contribution >= 0.6 is 0 Å². The van der Waals surface area contributed by atoms with Gasteiger partial charge in [-0.25, -0.2) is 8.42 Å². The molecule has 2 rings (SSSR count). The predicted octanol–water partition coefficient (Wildman–Crippen LogP) is 4.03. The first-order chi connectivity index (χ1) is 13.0. The molecule has 0 aromatic heterocycles. The van der Waals surface area contributed by atoms with Crippen LogP contribution in [0, 0.1) is 20.8 Å². The van der Waals surface area contributed by atoms with Crippen LogP contribution in [0.5, 0.6) is 0 Å². The number of amides is 1. The Bertz CT molecular complexity index is 937. The molecule has 2 aromatic rings. The average Bonchev–Trinajstić information content (AvgIpc) is 2.61. The van der Waals surface area contributed by atoms with Gasteiger partial charge in [0.05, 0.1) is 18.0 Å². The molecule has 0 spiro atoms. The number of hydrogen-bond acceptors (Lipinski definition) is 3. The van der Waals surface area contributed by atoms with Crippen molar-refractivity contribution in [2.45, 2.75) is 53.1 Å². The predicted molar refractivity (Wildman–Crippen MR) is 115 cm³/mol. The van der Waals surface area contributed by atoms with Crippen molar-refractivity contribution in [2.75, 3.05) is 10.6 Å². The minimum Gasteiger partial charge on any atom is -0.348 e. The SMILES string of the molecule is CCC(C(=O)NC(C)c1ccc(C)c(C)c1)N(c1ccc(C)cc1)S(C)(=O)=O. The molecule has 1 amide bonds. The Kier molecular flexibility index (Phi) is 6.88. The maximum absolute atomic E-state index is 13.0. The number of benzene rings is 2. The van der Waals surface area contributed by atoms with E-state index in [1.165, 1.54) is 9.87 Å². The van der Waals surface area contributed by atoms with Gasteiger partial charge in [0.2, 0.25) is 15.9 Å². The Morgan fingerprint density at radius 3 is 2.14 bits per heavy atom. The average molecular weight is 403 g/mol. The van der Waals surface area contributed by atoms with Gasteiger partial charge in [0, 0.05) is 0 Å². The molecule has 5 nitrogen and oxygen atoms in total. The number of anilines is 1. The summed E-state index contributed by atoms with van der Waals surface area (Å²) in [4.78, 5) is 13.0. The molecule has 0 saturated carbocycles. The van der Waals surface area contributed by atoms with E-state index in [0.717, 1.165) is 22.9 Å². The lowest BCUT2D eigenvalue weighted by molar-refractivity contribution is -0.122. The van der Waals surface area contributed by atoms with Crippen LogP contribution in [0.15, 0.2) is 42.5 Å². The molecule has 2 aromatic carbocycles. The van der Waals surface area contributed by atoms with Gasteiger partial charge in [-0.2, -0.15) is 0 Å². The summed E-state index contributed by atoms with van der Waals surface area (Å²) in [5.41, 5.74) is 4.86. The van der Waals surface area contributed by atoms with Crippen molar-refractivity contribution < 1.29 is 13.2 Å². The van der Waals surface area contributed by atoms with E-state index in [1.807, 2.05) is 58.9 Å². The lowest BCUT2D eigenvalue weighted by atomic mass is 10.0. The number of nitrogens with one attached hydrogen (secondary N) is 1. The summed E-state index contributed by atoms with van der Waals surface area (Å²) < 4.78 is 26.2. The molecule has 28 heavy (non-hydrogen) atoms. The molecule has 2 unspecified atom stereocenters. The van der Waals surface area contributed by atoms with Crippen molar-refractivity contribution in [3.05, 3.63) is 64.7 Å². The van der Waals surface area contributed by atoms with E-state index >= 15 is 0 Å². The summed E-state index contributed by atoms with van der Waals surface area (Å²) in [6.45, 7) is 9.73. The van der Waals surface area contributed by atoms with Crippen LogP contribution in [-0.2, 0) is 14.8 Å². The summed E-state index contributed by atoms with van der Waals surface area (Å²) in [6.07, 6.45) is 1.50. The maximum atomic E-state index is 13.0. The highest BCUT2D eigenvalue weighted by Crippen LogP contribution is 2.24. The molecule has 152 valence electrons.